The van der Waals surface area contributed by atoms with Crippen molar-refractivity contribution in [3.8, 4) is 0 Å². The van der Waals surface area contributed by atoms with Crippen LogP contribution in [-0.2, 0) is 6.42 Å². The first-order valence-corrected chi connectivity index (χ1v) is 23.0. The third kappa shape index (κ3) is 5.17. The van der Waals surface area contributed by atoms with Gasteiger partial charge in [0.05, 0.1) is 44.8 Å². The minimum Gasteiger partial charge on any atom is -0.333 e. The SMILES string of the molecule is CC1=CCC(N(c2cc(C)ccc2C)c2ccc3c4cc5c(cc4n4c6ccccc6c2c34)c2c3c(c4ccccc4n35)=C(N(c3ccc(C)cc3)c3cc(C)ccc3C)CC2)C=C1. The lowest BCUT2D eigenvalue weighted by atomic mass is 9.95. The van der Waals surface area contributed by atoms with Crippen LogP contribution in [0.25, 0.3) is 71.1 Å². The molecule has 4 aromatic heterocycles. The lowest BCUT2D eigenvalue weighted by Gasteiger charge is -2.35. The number of aromatic nitrogens is 2. The van der Waals surface area contributed by atoms with E-state index in [1.807, 2.05) is 0 Å². The highest BCUT2D eigenvalue weighted by atomic mass is 15.2. The maximum atomic E-state index is 2.63. The Balaban J connectivity index is 1.12. The maximum absolute atomic E-state index is 2.63. The van der Waals surface area contributed by atoms with Crippen molar-refractivity contribution in [1.82, 2.24) is 8.80 Å². The first kappa shape index (κ1) is 37.3. The predicted molar refractivity (Wildman–Crippen MR) is 273 cm³/mol. The summed E-state index contributed by atoms with van der Waals surface area (Å²) in [7, 11) is 0. The molecule has 0 N–H and O–H groups in total. The van der Waals surface area contributed by atoms with Crippen LogP contribution in [0.5, 0.6) is 0 Å². The van der Waals surface area contributed by atoms with Crippen LogP contribution in [-0.4, -0.2) is 14.8 Å². The van der Waals surface area contributed by atoms with Crippen LogP contribution in [0.1, 0.15) is 53.1 Å². The molecule has 0 saturated carbocycles. The third-order valence-electron chi connectivity index (χ3n) is 14.7. The molecule has 310 valence electrons. The second-order valence-electron chi connectivity index (χ2n) is 18.8. The Kier molecular flexibility index (Phi) is 7.92. The van der Waals surface area contributed by atoms with Gasteiger partial charge in [0.2, 0.25) is 0 Å². The molecule has 0 spiro atoms. The van der Waals surface area contributed by atoms with Gasteiger partial charge in [-0.05, 0) is 143 Å². The number of para-hydroxylation sites is 2. The maximum Gasteiger partial charge on any atom is 0.0641 e. The van der Waals surface area contributed by atoms with Gasteiger partial charge in [0.25, 0.3) is 0 Å². The average Bonchev–Trinajstić information content (AvgIpc) is 4.03. The lowest BCUT2D eigenvalue weighted by Crippen LogP contribution is -2.31. The highest BCUT2D eigenvalue weighted by Gasteiger charge is 2.31. The largest absolute Gasteiger partial charge is 0.333 e. The van der Waals surface area contributed by atoms with Crippen LogP contribution in [0, 0.1) is 34.6 Å². The number of hydrogen-bond acceptors (Lipinski definition) is 2. The van der Waals surface area contributed by atoms with Gasteiger partial charge in [-0.15, -0.1) is 0 Å². The molecule has 0 radical (unpaired) electrons. The number of anilines is 4. The topological polar surface area (TPSA) is 15.3 Å². The molecule has 11 aromatic rings. The number of nitrogens with zero attached hydrogens (tertiary/aromatic N) is 4. The Hall–Kier alpha value is -7.30. The molecular formula is C60H50N4. The lowest BCUT2D eigenvalue weighted by molar-refractivity contribution is 0.779. The molecule has 4 nitrogen and oxygen atoms in total. The van der Waals surface area contributed by atoms with E-state index >= 15 is 0 Å². The Labute approximate surface area is 373 Å². The van der Waals surface area contributed by atoms with Crippen molar-refractivity contribution in [3.63, 3.8) is 0 Å². The summed E-state index contributed by atoms with van der Waals surface area (Å²) in [5.41, 5.74) is 23.3. The van der Waals surface area contributed by atoms with Crippen molar-refractivity contribution in [2.24, 2.45) is 0 Å². The minimum atomic E-state index is 0.197. The van der Waals surface area contributed by atoms with E-state index in [1.54, 1.807) is 0 Å². The van der Waals surface area contributed by atoms with Crippen LogP contribution < -0.4 is 15.0 Å². The smallest absolute Gasteiger partial charge is 0.0641 e. The van der Waals surface area contributed by atoms with Crippen LogP contribution in [0.2, 0.25) is 0 Å². The van der Waals surface area contributed by atoms with Crippen LogP contribution >= 0.6 is 0 Å². The molecule has 64 heavy (non-hydrogen) atoms. The molecule has 0 fully saturated rings. The Morgan fingerprint density at radius 2 is 1.14 bits per heavy atom. The van der Waals surface area contributed by atoms with Gasteiger partial charge in [-0.25, -0.2) is 0 Å². The summed E-state index contributed by atoms with van der Waals surface area (Å²) < 4.78 is 5.20. The van der Waals surface area contributed by atoms with E-state index < -0.39 is 0 Å². The van der Waals surface area contributed by atoms with Gasteiger partial charge >= 0.3 is 0 Å². The van der Waals surface area contributed by atoms with E-state index in [2.05, 4.69) is 212 Å². The molecular weight excluding hydrogens is 777 g/mol. The zero-order valence-corrected chi connectivity index (χ0v) is 37.4. The standard InChI is InChI=1S/C60H50N4/c1-35-17-23-41(24-18-35)61(53-31-37(3)15-21-39(53)5)51-29-27-43-47-33-56-48(34-55(47)63-49-13-9-7-11-45(49)57(51)59(43)63)44-28-30-52(58-46-12-8-10-14-50(46)64(56)60(44)58)62(42-25-19-36(2)20-26-42)54-32-38(4)16-22-40(54)6/h7-25,28,30-34,42H,26-27,29H2,1-6H3. The molecule has 2 aliphatic rings. The number of rotatable bonds is 6. The fraction of sp³-hybridized carbons (Fsp3) is 0.167. The predicted octanol–water partition coefficient (Wildman–Crippen LogP) is 15.0. The number of allylic oxidation sites excluding steroid dienone is 2. The van der Waals surface area contributed by atoms with Gasteiger partial charge in [-0.2, -0.15) is 0 Å². The average molecular weight is 827 g/mol. The summed E-state index contributed by atoms with van der Waals surface area (Å²) in [5, 5.41) is 9.27. The zero-order chi connectivity index (χ0) is 43.1. The van der Waals surface area contributed by atoms with E-state index in [0.29, 0.717) is 0 Å². The summed E-state index contributed by atoms with van der Waals surface area (Å²) in [5.74, 6) is 0. The highest BCUT2D eigenvalue weighted by Crippen LogP contribution is 2.49. The molecule has 0 aliphatic heterocycles. The summed E-state index contributed by atoms with van der Waals surface area (Å²) >= 11 is 0. The molecule has 1 atom stereocenters. The van der Waals surface area contributed by atoms with E-state index in [9.17, 15) is 0 Å². The fourth-order valence-corrected chi connectivity index (χ4v) is 11.7. The Bertz CT molecular complexity index is 3890. The van der Waals surface area contributed by atoms with Crippen molar-refractivity contribution in [3.05, 3.63) is 196 Å². The molecule has 13 rings (SSSR count). The van der Waals surface area contributed by atoms with Gasteiger partial charge < -0.3 is 18.6 Å². The quantitative estimate of drug-likeness (QED) is 0.166. The van der Waals surface area contributed by atoms with Crippen molar-refractivity contribution in [1.29, 1.82) is 0 Å². The normalized spacial score (nSPS) is 15.3. The van der Waals surface area contributed by atoms with Crippen molar-refractivity contribution < 1.29 is 0 Å². The molecule has 7 aromatic carbocycles. The van der Waals surface area contributed by atoms with Gasteiger partial charge in [0.1, 0.15) is 0 Å². The molecule has 4 heterocycles. The monoisotopic (exact) mass is 826 g/mol. The Morgan fingerprint density at radius 1 is 0.500 bits per heavy atom. The number of fused-ring (bicyclic) bond motifs is 12. The summed E-state index contributed by atoms with van der Waals surface area (Å²) in [4.78, 5) is 5.20. The summed E-state index contributed by atoms with van der Waals surface area (Å²) in [6, 6.07) is 51.2. The van der Waals surface area contributed by atoms with Crippen molar-refractivity contribution in [2.45, 2.75) is 66.8 Å². The van der Waals surface area contributed by atoms with Gasteiger partial charge in [0.15, 0.2) is 0 Å². The summed E-state index contributed by atoms with van der Waals surface area (Å²) in [6.45, 7) is 13.3. The highest BCUT2D eigenvalue weighted by molar-refractivity contribution is 6.28. The molecule has 0 bridgehead atoms. The van der Waals surface area contributed by atoms with E-state index in [4.69, 9.17) is 0 Å². The minimum absolute atomic E-state index is 0.197. The van der Waals surface area contributed by atoms with Crippen molar-refractivity contribution in [2.75, 3.05) is 9.80 Å². The van der Waals surface area contributed by atoms with Gasteiger partial charge in [-0.3, -0.25) is 0 Å². The molecule has 2 aliphatic carbocycles. The van der Waals surface area contributed by atoms with Crippen molar-refractivity contribution >= 4 is 93.9 Å². The third-order valence-corrected chi connectivity index (χ3v) is 14.7. The number of hydrogen-bond donors (Lipinski definition) is 0. The molecule has 4 heteroatoms. The molecule has 0 saturated heterocycles. The van der Waals surface area contributed by atoms with Crippen LogP contribution in [0.15, 0.2) is 157 Å². The summed E-state index contributed by atoms with van der Waals surface area (Å²) in [6.07, 6.45) is 9.97. The molecule has 0 amide bonds. The Morgan fingerprint density at radius 3 is 1.89 bits per heavy atom. The molecule has 1 unspecified atom stereocenters. The fourth-order valence-electron chi connectivity index (χ4n) is 11.7. The van der Waals surface area contributed by atoms with Crippen LogP contribution in [0.3, 0.4) is 0 Å². The first-order chi connectivity index (χ1) is 31.2. The van der Waals surface area contributed by atoms with Crippen LogP contribution in [0.4, 0.5) is 22.7 Å². The number of aryl methyl sites for hydroxylation is 6. The first-order valence-electron chi connectivity index (χ1n) is 23.0. The zero-order valence-electron chi connectivity index (χ0n) is 37.4. The second-order valence-corrected chi connectivity index (χ2v) is 18.8. The van der Waals surface area contributed by atoms with E-state index in [0.717, 1.165) is 19.3 Å². The van der Waals surface area contributed by atoms with E-state index in [1.165, 1.54) is 138 Å². The van der Waals surface area contributed by atoms with Gasteiger partial charge in [0, 0.05) is 60.3 Å². The van der Waals surface area contributed by atoms with Gasteiger partial charge in [-0.1, -0.05) is 108 Å². The number of benzene rings is 7. The van der Waals surface area contributed by atoms with E-state index in [-0.39, 0.29) is 6.04 Å². The second kappa shape index (κ2) is 13.6.